The Morgan fingerprint density at radius 3 is 2.44 bits per heavy atom. The largest absolute Gasteiger partial charge is 0.312 e. The van der Waals surface area contributed by atoms with Crippen molar-refractivity contribution < 1.29 is 4.92 Å². The van der Waals surface area contributed by atoms with Crippen molar-refractivity contribution in [2.45, 2.75) is 20.4 Å². The second-order valence-corrected chi connectivity index (χ2v) is 5.79. The van der Waals surface area contributed by atoms with Crippen LogP contribution in [0.15, 0.2) is 48.5 Å². The standard InChI is InChI=1S/C19H16N4O2/c1-13-19(23(24)25)14(2)22(21-13)12-15-7-9-16(10-8-15)18-6-4-3-5-17(18)11-20/h3-10H,12H2,1-2H3. The summed E-state index contributed by atoms with van der Waals surface area (Å²) in [5, 5.41) is 24.6. The van der Waals surface area contributed by atoms with E-state index in [0.29, 0.717) is 23.5 Å². The lowest BCUT2D eigenvalue weighted by Crippen LogP contribution is -2.04. The van der Waals surface area contributed by atoms with Gasteiger partial charge in [0.2, 0.25) is 0 Å². The average Bonchev–Trinajstić information content (AvgIpc) is 2.89. The SMILES string of the molecule is Cc1nn(Cc2ccc(-c3ccccc3C#N)cc2)c(C)c1[N+](=O)[O-]. The predicted octanol–water partition coefficient (Wildman–Crippen LogP) is 4.00. The maximum absolute atomic E-state index is 11.1. The number of hydrogen-bond donors (Lipinski definition) is 0. The van der Waals surface area contributed by atoms with E-state index in [0.717, 1.165) is 16.7 Å². The minimum Gasteiger partial charge on any atom is -0.258 e. The Morgan fingerprint density at radius 2 is 1.84 bits per heavy atom. The molecule has 0 aliphatic heterocycles. The lowest BCUT2D eigenvalue weighted by atomic mass is 9.99. The predicted molar refractivity (Wildman–Crippen MR) is 94.1 cm³/mol. The molecule has 0 aliphatic carbocycles. The zero-order chi connectivity index (χ0) is 18.0. The van der Waals surface area contributed by atoms with Gasteiger partial charge in [-0.3, -0.25) is 14.8 Å². The molecule has 0 radical (unpaired) electrons. The summed E-state index contributed by atoms with van der Waals surface area (Å²) in [6.45, 7) is 3.81. The third-order valence-corrected chi connectivity index (χ3v) is 4.17. The van der Waals surface area contributed by atoms with Gasteiger partial charge in [-0.25, -0.2) is 0 Å². The normalized spacial score (nSPS) is 10.4. The Hall–Kier alpha value is -3.46. The number of aryl methyl sites for hydroxylation is 1. The molecule has 0 atom stereocenters. The first-order valence-electron chi connectivity index (χ1n) is 7.78. The summed E-state index contributed by atoms with van der Waals surface area (Å²) in [5.41, 5.74) is 4.49. The van der Waals surface area contributed by atoms with Gasteiger partial charge in [0.15, 0.2) is 0 Å². The fraction of sp³-hybridized carbons (Fsp3) is 0.158. The second kappa shape index (κ2) is 6.57. The molecular formula is C19H16N4O2. The van der Waals surface area contributed by atoms with Crippen molar-refractivity contribution in [2.75, 3.05) is 0 Å². The highest BCUT2D eigenvalue weighted by Crippen LogP contribution is 2.25. The quantitative estimate of drug-likeness (QED) is 0.534. The van der Waals surface area contributed by atoms with Crippen molar-refractivity contribution in [1.29, 1.82) is 5.26 Å². The van der Waals surface area contributed by atoms with E-state index in [4.69, 9.17) is 0 Å². The van der Waals surface area contributed by atoms with Gasteiger partial charge in [-0.05, 0) is 36.6 Å². The molecule has 0 spiro atoms. The van der Waals surface area contributed by atoms with Crippen LogP contribution in [0.25, 0.3) is 11.1 Å². The molecule has 6 nitrogen and oxygen atoms in total. The van der Waals surface area contributed by atoms with E-state index in [9.17, 15) is 15.4 Å². The van der Waals surface area contributed by atoms with Gasteiger partial charge in [0.25, 0.3) is 0 Å². The number of benzene rings is 2. The van der Waals surface area contributed by atoms with Gasteiger partial charge in [-0.2, -0.15) is 10.4 Å². The van der Waals surface area contributed by atoms with Gasteiger partial charge in [0.05, 0.1) is 23.1 Å². The third-order valence-electron chi connectivity index (χ3n) is 4.17. The van der Waals surface area contributed by atoms with Gasteiger partial charge >= 0.3 is 5.69 Å². The van der Waals surface area contributed by atoms with Crippen LogP contribution in [0.2, 0.25) is 0 Å². The van der Waals surface area contributed by atoms with E-state index < -0.39 is 4.92 Å². The van der Waals surface area contributed by atoms with Crippen LogP contribution >= 0.6 is 0 Å². The van der Waals surface area contributed by atoms with Crippen molar-refractivity contribution in [1.82, 2.24) is 9.78 Å². The highest BCUT2D eigenvalue weighted by molar-refractivity contribution is 5.70. The van der Waals surface area contributed by atoms with E-state index in [2.05, 4.69) is 11.2 Å². The number of aromatic nitrogens is 2. The molecule has 3 rings (SSSR count). The molecule has 124 valence electrons. The number of hydrogen-bond acceptors (Lipinski definition) is 4. The Labute approximate surface area is 145 Å². The molecule has 1 heterocycles. The van der Waals surface area contributed by atoms with Crippen LogP contribution in [0.1, 0.15) is 22.5 Å². The molecule has 0 unspecified atom stereocenters. The fourth-order valence-corrected chi connectivity index (χ4v) is 2.90. The Morgan fingerprint density at radius 1 is 1.16 bits per heavy atom. The smallest absolute Gasteiger partial charge is 0.258 e. The number of rotatable bonds is 4. The van der Waals surface area contributed by atoms with Crippen molar-refractivity contribution in [2.24, 2.45) is 0 Å². The first-order valence-corrected chi connectivity index (χ1v) is 7.78. The molecule has 2 aromatic carbocycles. The van der Waals surface area contributed by atoms with Gasteiger partial charge in [-0.1, -0.05) is 42.5 Å². The van der Waals surface area contributed by atoms with E-state index >= 15 is 0 Å². The maximum Gasteiger partial charge on any atom is 0.312 e. The van der Waals surface area contributed by atoms with Crippen molar-refractivity contribution in [3.8, 4) is 17.2 Å². The second-order valence-electron chi connectivity index (χ2n) is 5.79. The molecule has 0 N–H and O–H groups in total. The zero-order valence-corrected chi connectivity index (χ0v) is 13.9. The average molecular weight is 332 g/mol. The summed E-state index contributed by atoms with van der Waals surface area (Å²) in [5.74, 6) is 0. The molecule has 0 bridgehead atoms. The van der Waals surface area contributed by atoms with Gasteiger partial charge in [-0.15, -0.1) is 0 Å². The number of nitriles is 1. The molecule has 0 saturated carbocycles. The number of nitro groups is 1. The molecule has 25 heavy (non-hydrogen) atoms. The summed E-state index contributed by atoms with van der Waals surface area (Å²) in [7, 11) is 0. The highest BCUT2D eigenvalue weighted by Gasteiger charge is 2.21. The Kier molecular flexibility index (Phi) is 4.31. The van der Waals surface area contributed by atoms with Crippen LogP contribution < -0.4 is 0 Å². The first-order chi connectivity index (χ1) is 12.0. The van der Waals surface area contributed by atoms with E-state index in [1.54, 1.807) is 24.6 Å². The third kappa shape index (κ3) is 3.12. The number of nitrogens with zero attached hydrogens (tertiary/aromatic N) is 4. The molecule has 0 aliphatic rings. The van der Waals surface area contributed by atoms with E-state index in [1.807, 2.05) is 42.5 Å². The van der Waals surface area contributed by atoms with Crippen LogP contribution in [0.4, 0.5) is 5.69 Å². The molecule has 0 amide bonds. The van der Waals surface area contributed by atoms with Crippen LogP contribution in [0.3, 0.4) is 0 Å². The van der Waals surface area contributed by atoms with Gasteiger partial charge in [0.1, 0.15) is 11.4 Å². The van der Waals surface area contributed by atoms with Gasteiger partial charge in [0, 0.05) is 0 Å². The van der Waals surface area contributed by atoms with Crippen molar-refractivity contribution in [3.05, 3.63) is 81.2 Å². The van der Waals surface area contributed by atoms with Crippen molar-refractivity contribution >= 4 is 5.69 Å². The van der Waals surface area contributed by atoms with E-state index in [1.165, 1.54) is 0 Å². The fourth-order valence-electron chi connectivity index (χ4n) is 2.90. The lowest BCUT2D eigenvalue weighted by Gasteiger charge is -2.07. The minimum absolute atomic E-state index is 0.0690. The molecule has 0 saturated heterocycles. The summed E-state index contributed by atoms with van der Waals surface area (Å²) in [4.78, 5) is 10.7. The summed E-state index contributed by atoms with van der Waals surface area (Å²) >= 11 is 0. The molecule has 3 aromatic rings. The van der Waals surface area contributed by atoms with Crippen LogP contribution in [0, 0.1) is 35.3 Å². The maximum atomic E-state index is 11.1. The zero-order valence-electron chi connectivity index (χ0n) is 13.9. The van der Waals surface area contributed by atoms with Crippen LogP contribution in [0.5, 0.6) is 0 Å². The molecule has 6 heteroatoms. The Bertz CT molecular complexity index is 982. The summed E-state index contributed by atoms with van der Waals surface area (Å²) in [6, 6.07) is 17.4. The highest BCUT2D eigenvalue weighted by atomic mass is 16.6. The van der Waals surface area contributed by atoms with Gasteiger partial charge < -0.3 is 0 Å². The summed E-state index contributed by atoms with van der Waals surface area (Å²) < 4.78 is 1.64. The monoisotopic (exact) mass is 332 g/mol. The first kappa shape index (κ1) is 16.4. The summed E-state index contributed by atoms with van der Waals surface area (Å²) in [6.07, 6.45) is 0. The van der Waals surface area contributed by atoms with E-state index in [-0.39, 0.29) is 5.69 Å². The van der Waals surface area contributed by atoms with Crippen molar-refractivity contribution in [3.63, 3.8) is 0 Å². The Balaban J connectivity index is 1.88. The molecule has 1 aromatic heterocycles. The minimum atomic E-state index is -0.393. The van der Waals surface area contributed by atoms with Crippen LogP contribution in [-0.2, 0) is 6.54 Å². The lowest BCUT2D eigenvalue weighted by molar-refractivity contribution is -0.386. The molecule has 0 fully saturated rings. The molecular weight excluding hydrogens is 316 g/mol. The topological polar surface area (TPSA) is 84.8 Å². The van der Waals surface area contributed by atoms with Crippen LogP contribution in [-0.4, -0.2) is 14.7 Å².